The van der Waals surface area contributed by atoms with Crippen LogP contribution in [-0.4, -0.2) is 20.4 Å². The highest BCUT2D eigenvalue weighted by molar-refractivity contribution is 7.78. The van der Waals surface area contributed by atoms with E-state index in [9.17, 15) is 9.00 Å². The number of rotatable bonds is 3. The van der Waals surface area contributed by atoms with Gasteiger partial charge in [0.15, 0.2) is 0 Å². The molecule has 0 radical (unpaired) electrons. The first-order chi connectivity index (χ1) is 7.24. The third-order valence-corrected chi connectivity index (χ3v) is 3.37. The molecule has 0 aromatic carbocycles. The smallest absolute Gasteiger partial charge is 0.295 e. The van der Waals surface area contributed by atoms with Crippen LogP contribution >= 0.6 is 11.3 Å². The van der Waals surface area contributed by atoms with Crippen molar-refractivity contribution in [2.24, 2.45) is 0 Å². The predicted octanol–water partition coefficient (Wildman–Crippen LogP) is 0.638. The van der Waals surface area contributed by atoms with Crippen molar-refractivity contribution in [1.82, 2.24) is 9.13 Å². The zero-order chi connectivity index (χ0) is 10.8. The molecule has 2 rings (SSSR count). The second kappa shape index (κ2) is 4.09. The van der Waals surface area contributed by atoms with Crippen molar-refractivity contribution >= 4 is 22.6 Å². The molecule has 0 N–H and O–H groups in total. The molecule has 0 saturated carbocycles. The molecule has 1 unspecified atom stereocenters. The predicted molar refractivity (Wildman–Crippen MR) is 54.6 cm³/mol. The van der Waals surface area contributed by atoms with Crippen LogP contribution in [0.2, 0.25) is 0 Å². The fourth-order valence-electron chi connectivity index (χ4n) is 1.000. The lowest BCUT2D eigenvalue weighted by Gasteiger charge is -1.98. The van der Waals surface area contributed by atoms with Gasteiger partial charge in [0.05, 0.1) is 12.0 Å². The molecule has 0 aliphatic carbocycles. The number of hydrogen-bond acceptors (Lipinski definition) is 6. The van der Waals surface area contributed by atoms with E-state index in [1.165, 1.54) is 18.4 Å². The van der Waals surface area contributed by atoms with Crippen LogP contribution in [0.25, 0.3) is 10.7 Å². The molecule has 80 valence electrons. The molecule has 0 aliphatic rings. The first-order valence-electron chi connectivity index (χ1n) is 3.83. The summed E-state index contributed by atoms with van der Waals surface area (Å²) in [4.78, 5) is 11.9. The van der Waals surface area contributed by atoms with Gasteiger partial charge >= 0.3 is 5.76 Å². The third kappa shape index (κ3) is 1.78. The van der Waals surface area contributed by atoms with Crippen molar-refractivity contribution in [3.63, 3.8) is 0 Å². The van der Waals surface area contributed by atoms with Crippen LogP contribution in [0.4, 0.5) is 0 Å². The second-order valence-corrected chi connectivity index (χ2v) is 4.51. The van der Waals surface area contributed by atoms with E-state index in [0.717, 1.165) is 3.97 Å². The Morgan fingerprint density at radius 2 is 2.47 bits per heavy atom. The Kier molecular flexibility index (Phi) is 2.80. The zero-order valence-electron chi connectivity index (χ0n) is 7.58. The van der Waals surface area contributed by atoms with E-state index in [2.05, 4.69) is 13.9 Å². The summed E-state index contributed by atoms with van der Waals surface area (Å²) in [5.74, 6) is -0.603. The Morgan fingerprint density at radius 3 is 3.07 bits per heavy atom. The molecule has 1 atom stereocenters. The lowest BCUT2D eigenvalue weighted by Crippen LogP contribution is -2.19. The van der Waals surface area contributed by atoms with Crippen molar-refractivity contribution in [3.05, 3.63) is 28.1 Å². The molecule has 0 aliphatic heterocycles. The molecule has 2 aromatic rings. The molecule has 0 saturated heterocycles. The van der Waals surface area contributed by atoms with Crippen molar-refractivity contribution in [2.45, 2.75) is 0 Å². The van der Waals surface area contributed by atoms with Crippen LogP contribution in [0.5, 0.6) is 0 Å². The summed E-state index contributed by atoms with van der Waals surface area (Å²) in [7, 11) is 1.23. The van der Waals surface area contributed by atoms with Gasteiger partial charge in [0.1, 0.15) is 0 Å². The molecule has 2 heterocycles. The van der Waals surface area contributed by atoms with Gasteiger partial charge in [-0.25, -0.2) is 9.00 Å². The molecule has 8 heteroatoms. The number of nitrogens with zero attached hydrogens (tertiary/aromatic N) is 2. The molecule has 15 heavy (non-hydrogen) atoms. The lowest BCUT2D eigenvalue weighted by atomic mass is 10.4. The largest absolute Gasteiger partial charge is 0.456 e. The molecule has 2 aromatic heterocycles. The maximum absolute atomic E-state index is 11.4. The van der Waals surface area contributed by atoms with E-state index in [0.29, 0.717) is 4.88 Å². The van der Waals surface area contributed by atoms with Gasteiger partial charge in [-0.05, 0) is 11.4 Å². The highest BCUT2D eigenvalue weighted by atomic mass is 32.2. The number of thiophene rings is 1. The van der Waals surface area contributed by atoms with Gasteiger partial charge in [-0.3, -0.25) is 8.71 Å². The van der Waals surface area contributed by atoms with Gasteiger partial charge in [-0.1, -0.05) is 11.2 Å². The van der Waals surface area contributed by atoms with Gasteiger partial charge in [0.25, 0.3) is 11.3 Å². The topological polar surface area (TPSA) is 74.3 Å². The van der Waals surface area contributed by atoms with Crippen LogP contribution in [0, 0.1) is 0 Å². The molecule has 6 nitrogen and oxygen atoms in total. The van der Waals surface area contributed by atoms with E-state index in [1.54, 1.807) is 12.1 Å². The average Bonchev–Trinajstić information content (AvgIpc) is 2.85. The summed E-state index contributed by atoms with van der Waals surface area (Å²) >= 11 is -0.553. The normalized spacial score (nSPS) is 12.9. The van der Waals surface area contributed by atoms with Gasteiger partial charge in [-0.2, -0.15) is 0 Å². The van der Waals surface area contributed by atoms with E-state index < -0.39 is 17.0 Å². The Hall–Kier alpha value is -1.25. The zero-order valence-corrected chi connectivity index (χ0v) is 9.21. The van der Waals surface area contributed by atoms with Crippen LogP contribution in [-0.2, 0) is 15.4 Å². The summed E-state index contributed by atoms with van der Waals surface area (Å²) in [6, 6.07) is 3.53. The summed E-state index contributed by atoms with van der Waals surface area (Å²) in [6.07, 6.45) is 0. The van der Waals surface area contributed by atoms with Gasteiger partial charge in [-0.15, -0.1) is 15.3 Å². The lowest BCUT2D eigenvalue weighted by molar-refractivity contribution is 0.381. The molecule has 0 fully saturated rings. The fourth-order valence-corrected chi connectivity index (χ4v) is 2.33. The van der Waals surface area contributed by atoms with Crippen LogP contribution in [0.15, 0.2) is 26.8 Å². The first kappa shape index (κ1) is 10.3. The minimum Gasteiger partial charge on any atom is -0.295 e. The Bertz CT molecular complexity index is 527. The molecular weight excluding hydrogens is 240 g/mol. The summed E-state index contributed by atoms with van der Waals surface area (Å²) < 4.78 is 21.2. The van der Waals surface area contributed by atoms with Crippen molar-refractivity contribution in [1.29, 1.82) is 0 Å². The highest BCUT2D eigenvalue weighted by Crippen LogP contribution is 2.21. The van der Waals surface area contributed by atoms with Gasteiger partial charge in [0, 0.05) is 0 Å². The fraction of sp³-hybridized carbons (Fsp3) is 0.143. The third-order valence-electron chi connectivity index (χ3n) is 1.60. The Balaban J connectivity index is 2.59. The van der Waals surface area contributed by atoms with Crippen molar-refractivity contribution in [2.75, 3.05) is 7.11 Å². The summed E-state index contributed by atoms with van der Waals surface area (Å²) in [5, 5.41) is 5.35. The Labute approximate surface area is 90.9 Å². The van der Waals surface area contributed by atoms with E-state index in [4.69, 9.17) is 0 Å². The molecule has 0 spiro atoms. The molecular formula is C7H6N2O4S2. The maximum atomic E-state index is 11.4. The van der Waals surface area contributed by atoms with Crippen LogP contribution in [0.1, 0.15) is 0 Å². The van der Waals surface area contributed by atoms with Crippen molar-refractivity contribution in [3.8, 4) is 10.7 Å². The summed E-state index contributed by atoms with van der Waals surface area (Å²) in [6.45, 7) is 0. The average molecular weight is 246 g/mol. The standard InChI is InChI=1S/C7H6N2O4S2/c1-12-15(11)9-6(8-13-7(9)10)5-3-2-4-14-5/h2-4H,1H3. The minimum atomic E-state index is -1.91. The Morgan fingerprint density at radius 1 is 1.67 bits per heavy atom. The highest BCUT2D eigenvalue weighted by Gasteiger charge is 2.18. The monoisotopic (exact) mass is 246 g/mol. The first-order valence-corrected chi connectivity index (χ1v) is 5.74. The minimum absolute atomic E-state index is 0.204. The number of hydrogen-bond donors (Lipinski definition) is 0. The van der Waals surface area contributed by atoms with Gasteiger partial charge < -0.3 is 0 Å². The molecule has 0 amide bonds. The van der Waals surface area contributed by atoms with E-state index >= 15 is 0 Å². The van der Waals surface area contributed by atoms with Gasteiger partial charge in [0.2, 0.25) is 5.82 Å². The SMILES string of the molecule is COS(=O)n1c(-c2cccs2)noc1=O. The second-order valence-electron chi connectivity index (χ2n) is 2.43. The van der Waals surface area contributed by atoms with E-state index in [1.807, 2.05) is 5.38 Å². The number of aromatic nitrogens is 2. The quantitative estimate of drug-likeness (QED) is 0.794. The molecule has 0 bridgehead atoms. The van der Waals surface area contributed by atoms with Crippen LogP contribution < -0.4 is 5.76 Å². The van der Waals surface area contributed by atoms with E-state index in [-0.39, 0.29) is 5.82 Å². The maximum Gasteiger partial charge on any atom is 0.456 e. The van der Waals surface area contributed by atoms with Crippen molar-refractivity contribution < 1.29 is 12.9 Å². The summed E-state index contributed by atoms with van der Waals surface area (Å²) in [5.41, 5.74) is 0. The van der Waals surface area contributed by atoms with Crippen LogP contribution in [0.3, 0.4) is 0 Å².